The van der Waals surface area contributed by atoms with E-state index in [0.29, 0.717) is 19.3 Å². The lowest BCUT2D eigenvalue weighted by Gasteiger charge is -2.30. The number of aromatic nitrogens is 1. The van der Waals surface area contributed by atoms with Crippen molar-refractivity contribution in [3.63, 3.8) is 0 Å². The van der Waals surface area contributed by atoms with Crippen LogP contribution in [-0.2, 0) is 16.0 Å². The van der Waals surface area contributed by atoms with E-state index in [-0.39, 0.29) is 23.6 Å². The van der Waals surface area contributed by atoms with Crippen LogP contribution in [0, 0.1) is 0 Å². The van der Waals surface area contributed by atoms with Gasteiger partial charge >= 0.3 is 0 Å². The number of nitrogens with zero attached hydrogens (tertiary/aromatic N) is 2. The molecular weight excluding hydrogens is 244 g/mol. The molecule has 1 fully saturated rings. The van der Waals surface area contributed by atoms with Gasteiger partial charge in [0.15, 0.2) is 5.78 Å². The Morgan fingerprint density at radius 3 is 2.74 bits per heavy atom. The van der Waals surface area contributed by atoms with Gasteiger partial charge in [-0.05, 0) is 25.3 Å². The molecule has 5 nitrogen and oxygen atoms in total. The molecule has 19 heavy (non-hydrogen) atoms. The standard InChI is InChI=1S/C14H16N2O3/c1-15-13(18)6-5-11(14(15)19)16-8-7-9-10(16)3-2-4-12(9)17/h7-8,11H,2-6H2,1H3. The molecule has 2 aliphatic rings. The van der Waals surface area contributed by atoms with E-state index in [2.05, 4.69) is 0 Å². The summed E-state index contributed by atoms with van der Waals surface area (Å²) in [6.45, 7) is 0. The Morgan fingerprint density at radius 1 is 1.16 bits per heavy atom. The fraction of sp³-hybridized carbons (Fsp3) is 0.500. The minimum atomic E-state index is -0.336. The number of hydrogen-bond donors (Lipinski definition) is 0. The molecule has 1 unspecified atom stereocenters. The smallest absolute Gasteiger partial charge is 0.251 e. The van der Waals surface area contributed by atoms with Gasteiger partial charge in [0.05, 0.1) is 0 Å². The predicted molar refractivity (Wildman–Crippen MR) is 67.7 cm³/mol. The van der Waals surface area contributed by atoms with Crippen molar-refractivity contribution < 1.29 is 14.4 Å². The number of likely N-dealkylation sites (tertiary alicyclic amines) is 1. The first-order chi connectivity index (χ1) is 9.09. The Labute approximate surface area is 111 Å². The van der Waals surface area contributed by atoms with Crippen molar-refractivity contribution in [2.45, 2.75) is 38.1 Å². The van der Waals surface area contributed by atoms with Crippen LogP contribution in [0.2, 0.25) is 0 Å². The van der Waals surface area contributed by atoms with Crippen LogP contribution in [-0.4, -0.2) is 34.1 Å². The maximum atomic E-state index is 12.2. The molecule has 0 saturated carbocycles. The van der Waals surface area contributed by atoms with Crippen molar-refractivity contribution in [2.75, 3.05) is 7.05 Å². The van der Waals surface area contributed by atoms with Gasteiger partial charge in [0.1, 0.15) is 6.04 Å². The molecule has 2 amide bonds. The van der Waals surface area contributed by atoms with Crippen LogP contribution < -0.4 is 0 Å². The second-order valence-corrected chi connectivity index (χ2v) is 5.21. The summed E-state index contributed by atoms with van der Waals surface area (Å²) in [5.74, 6) is -0.140. The number of fused-ring (bicyclic) bond motifs is 1. The molecule has 3 rings (SSSR count). The van der Waals surface area contributed by atoms with Crippen LogP contribution in [0.1, 0.15) is 47.8 Å². The van der Waals surface area contributed by atoms with Crippen LogP contribution in [0.3, 0.4) is 0 Å². The summed E-state index contributed by atoms with van der Waals surface area (Å²) in [5, 5.41) is 0. The molecule has 1 saturated heterocycles. The van der Waals surface area contributed by atoms with Gasteiger partial charge in [-0.15, -0.1) is 0 Å². The number of likely N-dealkylation sites (N-methyl/N-ethyl adjacent to an activating group) is 1. The molecule has 100 valence electrons. The van der Waals surface area contributed by atoms with Crippen molar-refractivity contribution in [3.8, 4) is 0 Å². The maximum Gasteiger partial charge on any atom is 0.251 e. The van der Waals surface area contributed by atoms with Crippen LogP contribution in [0.5, 0.6) is 0 Å². The predicted octanol–water partition coefficient (Wildman–Crippen LogP) is 1.33. The number of carbonyl (C=O) groups excluding carboxylic acids is 3. The molecule has 0 bridgehead atoms. The first-order valence-electron chi connectivity index (χ1n) is 6.63. The summed E-state index contributed by atoms with van der Waals surface area (Å²) in [4.78, 5) is 36.7. The Morgan fingerprint density at radius 2 is 1.95 bits per heavy atom. The largest absolute Gasteiger partial charge is 0.338 e. The third-order valence-electron chi connectivity index (χ3n) is 4.10. The van der Waals surface area contributed by atoms with Crippen LogP contribution in [0.15, 0.2) is 12.3 Å². The number of hydrogen-bond acceptors (Lipinski definition) is 3. The van der Waals surface area contributed by atoms with E-state index in [1.54, 1.807) is 6.07 Å². The van der Waals surface area contributed by atoms with Crippen molar-refractivity contribution in [1.82, 2.24) is 9.47 Å². The van der Waals surface area contributed by atoms with Crippen molar-refractivity contribution in [3.05, 3.63) is 23.5 Å². The highest BCUT2D eigenvalue weighted by Crippen LogP contribution is 2.30. The van der Waals surface area contributed by atoms with E-state index in [4.69, 9.17) is 0 Å². The first kappa shape index (κ1) is 12.1. The highest BCUT2D eigenvalue weighted by atomic mass is 16.2. The van der Waals surface area contributed by atoms with Crippen LogP contribution in [0.25, 0.3) is 0 Å². The quantitative estimate of drug-likeness (QED) is 0.716. The van der Waals surface area contributed by atoms with Crippen LogP contribution >= 0.6 is 0 Å². The summed E-state index contributed by atoms with van der Waals surface area (Å²) in [6.07, 6.45) is 4.99. The molecule has 1 aliphatic heterocycles. The lowest BCUT2D eigenvalue weighted by Crippen LogP contribution is -2.43. The normalized spacial score (nSPS) is 23.7. The minimum absolute atomic E-state index is 0.127. The molecule has 0 spiro atoms. The van der Waals surface area contributed by atoms with Crippen molar-refractivity contribution >= 4 is 17.6 Å². The monoisotopic (exact) mass is 260 g/mol. The SMILES string of the molecule is CN1C(=O)CCC(n2ccc3c2CCCC3=O)C1=O. The third-order valence-corrected chi connectivity index (χ3v) is 4.10. The van der Waals surface area contributed by atoms with E-state index in [0.717, 1.165) is 24.1 Å². The fourth-order valence-electron chi connectivity index (χ4n) is 3.00. The van der Waals surface area contributed by atoms with Gasteiger partial charge in [0.25, 0.3) is 5.91 Å². The topological polar surface area (TPSA) is 59.4 Å². The number of ketones is 1. The zero-order valence-electron chi connectivity index (χ0n) is 10.9. The molecule has 1 aliphatic carbocycles. The van der Waals surface area contributed by atoms with Crippen molar-refractivity contribution in [2.24, 2.45) is 0 Å². The van der Waals surface area contributed by atoms with Crippen LogP contribution in [0.4, 0.5) is 0 Å². The Hall–Kier alpha value is -1.91. The summed E-state index contributed by atoms with van der Waals surface area (Å²) in [7, 11) is 1.53. The number of piperidine rings is 1. The lowest BCUT2D eigenvalue weighted by atomic mass is 9.96. The zero-order valence-corrected chi connectivity index (χ0v) is 10.9. The number of rotatable bonds is 1. The summed E-state index contributed by atoms with van der Waals surface area (Å²) in [6, 6.07) is 1.47. The summed E-state index contributed by atoms with van der Waals surface area (Å²) >= 11 is 0. The second kappa shape index (κ2) is 4.33. The van der Waals surface area contributed by atoms with Crippen molar-refractivity contribution in [1.29, 1.82) is 0 Å². The van der Waals surface area contributed by atoms with E-state index in [1.807, 2.05) is 10.8 Å². The van der Waals surface area contributed by atoms with E-state index in [1.165, 1.54) is 11.9 Å². The minimum Gasteiger partial charge on any atom is -0.338 e. The molecule has 1 atom stereocenters. The molecule has 1 aromatic heterocycles. The first-order valence-corrected chi connectivity index (χ1v) is 6.63. The number of imide groups is 1. The summed E-state index contributed by atoms with van der Waals surface area (Å²) in [5.41, 5.74) is 1.70. The van der Waals surface area contributed by atoms with E-state index in [9.17, 15) is 14.4 Å². The van der Waals surface area contributed by atoms with Gasteiger partial charge in [-0.25, -0.2) is 0 Å². The average Bonchev–Trinajstić information content (AvgIpc) is 2.82. The number of Topliss-reactive ketones (excluding diaryl/α,β-unsaturated/α-hetero) is 1. The molecule has 0 radical (unpaired) electrons. The Bertz CT molecular complexity index is 573. The Kier molecular flexibility index (Phi) is 2.77. The van der Waals surface area contributed by atoms with Gasteiger partial charge < -0.3 is 4.57 Å². The number of amides is 2. The lowest BCUT2D eigenvalue weighted by molar-refractivity contribution is -0.149. The maximum absolute atomic E-state index is 12.2. The highest BCUT2D eigenvalue weighted by Gasteiger charge is 2.35. The van der Waals surface area contributed by atoms with E-state index >= 15 is 0 Å². The molecule has 0 N–H and O–H groups in total. The number of carbonyl (C=O) groups is 3. The van der Waals surface area contributed by atoms with E-state index < -0.39 is 0 Å². The molecule has 1 aromatic rings. The van der Waals surface area contributed by atoms with Gasteiger partial charge in [-0.2, -0.15) is 0 Å². The summed E-state index contributed by atoms with van der Waals surface area (Å²) < 4.78 is 1.90. The Balaban J connectivity index is 1.97. The molecular formula is C14H16N2O3. The average molecular weight is 260 g/mol. The van der Waals surface area contributed by atoms with Gasteiger partial charge in [-0.3, -0.25) is 19.3 Å². The highest BCUT2D eigenvalue weighted by molar-refractivity contribution is 6.00. The van der Waals surface area contributed by atoms with Gasteiger partial charge in [0.2, 0.25) is 5.91 Å². The zero-order chi connectivity index (χ0) is 13.6. The van der Waals surface area contributed by atoms with Gasteiger partial charge in [-0.1, -0.05) is 0 Å². The second-order valence-electron chi connectivity index (χ2n) is 5.21. The molecule has 2 heterocycles. The fourth-order valence-corrected chi connectivity index (χ4v) is 3.00. The molecule has 0 aromatic carbocycles. The van der Waals surface area contributed by atoms with Gasteiger partial charge in [0, 0.05) is 37.3 Å². The third kappa shape index (κ3) is 1.80. The molecule has 5 heteroatoms.